The first-order valence-electron chi connectivity index (χ1n) is 4.76. The molecule has 6 nitrogen and oxygen atoms in total. The standard InChI is InChI=1S/C11H8N2O4/c14-10(15)9(11(16)17)6-1-2-7-8(5-6)13-4-3-12-7/h1-5,9H,(H,14,15)(H,16,17). The van der Waals surface area contributed by atoms with Gasteiger partial charge in [-0.3, -0.25) is 19.6 Å². The third-order valence-electron chi connectivity index (χ3n) is 2.32. The van der Waals surface area contributed by atoms with Crippen molar-refractivity contribution in [1.29, 1.82) is 0 Å². The molecule has 86 valence electrons. The molecule has 0 amide bonds. The van der Waals surface area contributed by atoms with Gasteiger partial charge in [0.05, 0.1) is 11.0 Å². The number of aromatic nitrogens is 2. The SMILES string of the molecule is O=C(O)C(C(=O)O)c1ccc2nccnc2c1. The third kappa shape index (κ3) is 2.05. The van der Waals surface area contributed by atoms with Crippen LogP contribution in [0.3, 0.4) is 0 Å². The monoisotopic (exact) mass is 232 g/mol. The minimum atomic E-state index is -1.58. The predicted octanol–water partition coefficient (Wildman–Crippen LogP) is 0.883. The summed E-state index contributed by atoms with van der Waals surface area (Å²) in [5.74, 6) is -4.39. The highest BCUT2D eigenvalue weighted by Crippen LogP contribution is 2.20. The van der Waals surface area contributed by atoms with Crippen LogP contribution in [0.25, 0.3) is 11.0 Å². The fraction of sp³-hybridized carbons (Fsp3) is 0.0909. The summed E-state index contributed by atoms with van der Waals surface area (Å²) in [7, 11) is 0. The summed E-state index contributed by atoms with van der Waals surface area (Å²) in [6.07, 6.45) is 2.97. The van der Waals surface area contributed by atoms with Crippen molar-refractivity contribution in [2.24, 2.45) is 0 Å². The van der Waals surface area contributed by atoms with E-state index < -0.39 is 17.9 Å². The summed E-state index contributed by atoms with van der Waals surface area (Å²) in [6, 6.07) is 4.41. The van der Waals surface area contributed by atoms with E-state index >= 15 is 0 Å². The number of carbonyl (C=O) groups is 2. The summed E-state index contributed by atoms with van der Waals surface area (Å²) in [4.78, 5) is 29.7. The Morgan fingerprint density at radius 2 is 1.59 bits per heavy atom. The van der Waals surface area contributed by atoms with Crippen LogP contribution < -0.4 is 0 Å². The molecule has 0 unspecified atom stereocenters. The Kier molecular flexibility index (Phi) is 2.70. The first-order chi connectivity index (χ1) is 8.09. The second-order valence-electron chi connectivity index (χ2n) is 3.41. The molecule has 1 aromatic carbocycles. The fourth-order valence-corrected chi connectivity index (χ4v) is 1.55. The van der Waals surface area contributed by atoms with Gasteiger partial charge in [-0.2, -0.15) is 0 Å². The van der Waals surface area contributed by atoms with Crippen molar-refractivity contribution in [3.05, 3.63) is 36.2 Å². The summed E-state index contributed by atoms with van der Waals surface area (Å²) in [5, 5.41) is 17.7. The molecule has 2 rings (SSSR count). The van der Waals surface area contributed by atoms with Crippen molar-refractivity contribution >= 4 is 23.0 Å². The lowest BCUT2D eigenvalue weighted by atomic mass is 9.99. The Morgan fingerprint density at radius 1 is 1.00 bits per heavy atom. The van der Waals surface area contributed by atoms with E-state index in [9.17, 15) is 9.59 Å². The highest BCUT2D eigenvalue weighted by molar-refractivity contribution is 5.99. The van der Waals surface area contributed by atoms with E-state index in [0.717, 1.165) is 0 Å². The molecule has 0 saturated heterocycles. The van der Waals surface area contributed by atoms with Gasteiger partial charge >= 0.3 is 11.9 Å². The van der Waals surface area contributed by atoms with Gasteiger partial charge in [-0.1, -0.05) is 6.07 Å². The number of fused-ring (bicyclic) bond motifs is 1. The van der Waals surface area contributed by atoms with E-state index in [4.69, 9.17) is 10.2 Å². The Labute approximate surface area is 95.6 Å². The molecular weight excluding hydrogens is 224 g/mol. The van der Waals surface area contributed by atoms with Crippen molar-refractivity contribution in [1.82, 2.24) is 9.97 Å². The Hall–Kier alpha value is -2.50. The zero-order chi connectivity index (χ0) is 12.4. The fourth-order valence-electron chi connectivity index (χ4n) is 1.55. The molecule has 0 saturated carbocycles. The zero-order valence-electron chi connectivity index (χ0n) is 8.57. The topological polar surface area (TPSA) is 100 Å². The van der Waals surface area contributed by atoms with E-state index in [0.29, 0.717) is 11.0 Å². The lowest BCUT2D eigenvalue weighted by molar-refractivity contribution is -0.150. The van der Waals surface area contributed by atoms with Crippen molar-refractivity contribution in [3.8, 4) is 0 Å². The highest BCUT2D eigenvalue weighted by Gasteiger charge is 2.27. The van der Waals surface area contributed by atoms with Crippen LogP contribution in [0, 0.1) is 0 Å². The van der Waals surface area contributed by atoms with Crippen LogP contribution in [-0.2, 0) is 9.59 Å². The second kappa shape index (κ2) is 4.17. The maximum absolute atomic E-state index is 10.9. The summed E-state index contributed by atoms with van der Waals surface area (Å²) in [5.41, 5.74) is 1.24. The van der Waals surface area contributed by atoms with E-state index in [1.54, 1.807) is 6.07 Å². The average Bonchev–Trinajstić information content (AvgIpc) is 2.28. The minimum Gasteiger partial charge on any atom is -0.480 e. The van der Waals surface area contributed by atoms with E-state index in [2.05, 4.69) is 9.97 Å². The molecule has 1 aromatic heterocycles. The largest absolute Gasteiger partial charge is 0.480 e. The summed E-state index contributed by atoms with van der Waals surface area (Å²) in [6.45, 7) is 0. The first kappa shape index (κ1) is 11.0. The number of nitrogens with zero attached hydrogens (tertiary/aromatic N) is 2. The number of aliphatic carboxylic acids is 2. The Morgan fingerprint density at radius 3 is 2.18 bits per heavy atom. The van der Waals surface area contributed by atoms with Crippen LogP contribution in [-0.4, -0.2) is 32.1 Å². The molecule has 2 N–H and O–H groups in total. The Balaban J connectivity index is 2.55. The maximum Gasteiger partial charge on any atom is 0.322 e. The van der Waals surface area contributed by atoms with Gasteiger partial charge in [0, 0.05) is 12.4 Å². The normalized spacial score (nSPS) is 10.6. The van der Waals surface area contributed by atoms with E-state index in [1.807, 2.05) is 0 Å². The number of hydrogen-bond acceptors (Lipinski definition) is 4. The number of hydrogen-bond donors (Lipinski definition) is 2. The van der Waals surface area contributed by atoms with Crippen LogP contribution >= 0.6 is 0 Å². The summed E-state index contributed by atoms with van der Waals surface area (Å²) >= 11 is 0. The van der Waals surface area contributed by atoms with Gasteiger partial charge in [0.25, 0.3) is 0 Å². The van der Waals surface area contributed by atoms with Gasteiger partial charge in [0.15, 0.2) is 5.92 Å². The molecular formula is C11H8N2O4. The van der Waals surface area contributed by atoms with Gasteiger partial charge in [0.2, 0.25) is 0 Å². The molecule has 0 aliphatic rings. The lowest BCUT2D eigenvalue weighted by Crippen LogP contribution is -2.20. The van der Waals surface area contributed by atoms with Crippen LogP contribution in [0.2, 0.25) is 0 Å². The lowest BCUT2D eigenvalue weighted by Gasteiger charge is -2.07. The van der Waals surface area contributed by atoms with Crippen molar-refractivity contribution in [2.45, 2.75) is 5.92 Å². The average molecular weight is 232 g/mol. The summed E-state index contributed by atoms with van der Waals surface area (Å²) < 4.78 is 0. The number of carboxylic acid groups (broad SMARTS) is 2. The maximum atomic E-state index is 10.9. The van der Waals surface area contributed by atoms with E-state index in [-0.39, 0.29) is 5.56 Å². The number of carboxylic acids is 2. The molecule has 0 aliphatic carbocycles. The molecule has 17 heavy (non-hydrogen) atoms. The third-order valence-corrected chi connectivity index (χ3v) is 2.32. The van der Waals surface area contributed by atoms with Crippen molar-refractivity contribution < 1.29 is 19.8 Å². The molecule has 0 aliphatic heterocycles. The van der Waals surface area contributed by atoms with E-state index in [1.165, 1.54) is 24.5 Å². The Bertz CT molecular complexity index is 583. The zero-order valence-corrected chi connectivity index (χ0v) is 8.57. The smallest absolute Gasteiger partial charge is 0.322 e. The van der Waals surface area contributed by atoms with Gasteiger partial charge in [-0.15, -0.1) is 0 Å². The molecule has 6 heteroatoms. The van der Waals surface area contributed by atoms with Crippen LogP contribution in [0.4, 0.5) is 0 Å². The quantitative estimate of drug-likeness (QED) is 0.762. The molecule has 0 spiro atoms. The molecule has 1 heterocycles. The second-order valence-corrected chi connectivity index (χ2v) is 3.41. The van der Waals surface area contributed by atoms with Crippen molar-refractivity contribution in [2.75, 3.05) is 0 Å². The molecule has 0 bridgehead atoms. The molecule has 0 fully saturated rings. The van der Waals surface area contributed by atoms with Gasteiger partial charge in [-0.05, 0) is 17.7 Å². The highest BCUT2D eigenvalue weighted by atomic mass is 16.4. The minimum absolute atomic E-state index is 0.179. The van der Waals surface area contributed by atoms with Gasteiger partial charge in [-0.25, -0.2) is 0 Å². The van der Waals surface area contributed by atoms with Crippen LogP contribution in [0.5, 0.6) is 0 Å². The van der Waals surface area contributed by atoms with Crippen molar-refractivity contribution in [3.63, 3.8) is 0 Å². The van der Waals surface area contributed by atoms with Gasteiger partial charge in [0.1, 0.15) is 0 Å². The molecule has 0 atom stereocenters. The first-order valence-corrected chi connectivity index (χ1v) is 4.76. The van der Waals surface area contributed by atoms with Gasteiger partial charge < -0.3 is 10.2 Å². The predicted molar refractivity (Wildman–Crippen MR) is 57.6 cm³/mol. The number of benzene rings is 1. The molecule has 2 aromatic rings. The van der Waals surface area contributed by atoms with Crippen LogP contribution in [0.15, 0.2) is 30.6 Å². The number of rotatable bonds is 3. The van der Waals surface area contributed by atoms with Crippen LogP contribution in [0.1, 0.15) is 11.5 Å². The molecule has 0 radical (unpaired) electrons.